The topological polar surface area (TPSA) is 124 Å². The SMILES string of the molecule is CCOC(=O)c1sc(NC(=O)C=Cc2ccc(OC)c(S(=O)(=O)N3CCOCC3)c2)nc1C. The van der Waals surface area contributed by atoms with Crippen molar-refractivity contribution in [3.05, 3.63) is 40.4 Å². The third-order valence-electron chi connectivity index (χ3n) is 4.69. The van der Waals surface area contributed by atoms with Gasteiger partial charge in [-0.25, -0.2) is 18.2 Å². The van der Waals surface area contributed by atoms with Crippen LogP contribution in [0.2, 0.25) is 0 Å². The van der Waals surface area contributed by atoms with Crippen LogP contribution in [0.5, 0.6) is 5.75 Å². The minimum Gasteiger partial charge on any atom is -0.495 e. The van der Waals surface area contributed by atoms with Gasteiger partial charge in [-0.3, -0.25) is 10.1 Å². The molecule has 1 N–H and O–H groups in total. The number of ether oxygens (including phenoxy) is 3. The lowest BCUT2D eigenvalue weighted by molar-refractivity contribution is -0.111. The third-order valence-corrected chi connectivity index (χ3v) is 7.66. The number of morpholine rings is 1. The Morgan fingerprint density at radius 3 is 2.70 bits per heavy atom. The number of carbonyl (C=O) groups excluding carboxylic acids is 2. The summed E-state index contributed by atoms with van der Waals surface area (Å²) in [5.41, 5.74) is 0.964. The first kappa shape index (κ1) is 24.8. The van der Waals surface area contributed by atoms with E-state index in [1.54, 1.807) is 26.0 Å². The van der Waals surface area contributed by atoms with Gasteiger partial charge < -0.3 is 14.2 Å². The minimum atomic E-state index is -3.79. The zero-order valence-electron chi connectivity index (χ0n) is 18.5. The molecular weight excluding hydrogens is 470 g/mol. The van der Waals surface area contributed by atoms with Gasteiger partial charge in [-0.2, -0.15) is 4.31 Å². The lowest BCUT2D eigenvalue weighted by Crippen LogP contribution is -2.40. The Labute approximate surface area is 196 Å². The van der Waals surface area contributed by atoms with Crippen LogP contribution in [0.3, 0.4) is 0 Å². The van der Waals surface area contributed by atoms with Gasteiger partial charge in [0.05, 0.1) is 32.6 Å². The second-order valence-corrected chi connectivity index (χ2v) is 9.81. The van der Waals surface area contributed by atoms with Crippen molar-refractivity contribution >= 4 is 44.4 Å². The molecule has 1 saturated heterocycles. The van der Waals surface area contributed by atoms with E-state index in [1.165, 1.54) is 29.6 Å². The lowest BCUT2D eigenvalue weighted by Gasteiger charge is -2.26. The van der Waals surface area contributed by atoms with Crippen LogP contribution in [-0.2, 0) is 24.3 Å². The van der Waals surface area contributed by atoms with Crippen molar-refractivity contribution in [1.82, 2.24) is 9.29 Å². The molecule has 0 aliphatic carbocycles. The van der Waals surface area contributed by atoms with Gasteiger partial charge in [-0.1, -0.05) is 17.4 Å². The predicted octanol–water partition coefficient (Wildman–Crippen LogP) is 2.31. The summed E-state index contributed by atoms with van der Waals surface area (Å²) in [6.45, 7) is 4.78. The number of benzene rings is 1. The molecule has 0 saturated carbocycles. The molecule has 0 unspecified atom stereocenters. The van der Waals surface area contributed by atoms with Crippen molar-refractivity contribution in [1.29, 1.82) is 0 Å². The minimum absolute atomic E-state index is 0.0177. The highest BCUT2D eigenvalue weighted by Crippen LogP contribution is 2.29. The smallest absolute Gasteiger partial charge is 0.350 e. The van der Waals surface area contributed by atoms with Crippen molar-refractivity contribution in [3.63, 3.8) is 0 Å². The molecule has 33 heavy (non-hydrogen) atoms. The summed E-state index contributed by atoms with van der Waals surface area (Å²) in [7, 11) is -2.39. The first-order valence-electron chi connectivity index (χ1n) is 10.2. The number of nitrogens with one attached hydrogen (secondary N) is 1. The first-order valence-corrected chi connectivity index (χ1v) is 12.4. The molecule has 1 aliphatic rings. The lowest BCUT2D eigenvalue weighted by atomic mass is 10.2. The van der Waals surface area contributed by atoms with Gasteiger partial charge in [0.25, 0.3) is 0 Å². The van der Waals surface area contributed by atoms with Crippen molar-refractivity contribution < 1.29 is 32.2 Å². The van der Waals surface area contributed by atoms with E-state index in [0.717, 1.165) is 11.3 Å². The second-order valence-electron chi connectivity index (χ2n) is 6.90. The number of carbonyl (C=O) groups is 2. The first-order chi connectivity index (χ1) is 15.8. The molecule has 0 spiro atoms. The van der Waals surface area contributed by atoms with Gasteiger partial charge in [-0.05, 0) is 37.6 Å². The molecule has 0 bridgehead atoms. The molecule has 1 fully saturated rings. The molecule has 1 aliphatic heterocycles. The van der Waals surface area contributed by atoms with E-state index < -0.39 is 21.9 Å². The van der Waals surface area contributed by atoms with E-state index in [-0.39, 0.29) is 35.5 Å². The maximum atomic E-state index is 13.1. The Kier molecular flexibility index (Phi) is 8.19. The van der Waals surface area contributed by atoms with Crippen LogP contribution in [0.25, 0.3) is 6.08 Å². The number of sulfonamides is 1. The Morgan fingerprint density at radius 1 is 1.30 bits per heavy atom. The van der Waals surface area contributed by atoms with Gasteiger partial charge in [0, 0.05) is 19.2 Å². The molecule has 2 aromatic rings. The van der Waals surface area contributed by atoms with E-state index in [9.17, 15) is 18.0 Å². The molecule has 10 nitrogen and oxygen atoms in total. The number of hydrogen-bond donors (Lipinski definition) is 1. The van der Waals surface area contributed by atoms with E-state index in [0.29, 0.717) is 29.3 Å². The highest BCUT2D eigenvalue weighted by Gasteiger charge is 2.29. The summed E-state index contributed by atoms with van der Waals surface area (Å²) in [5.74, 6) is -0.754. The number of anilines is 1. The maximum absolute atomic E-state index is 13.1. The van der Waals surface area contributed by atoms with Crippen LogP contribution < -0.4 is 10.1 Å². The van der Waals surface area contributed by atoms with Gasteiger partial charge in [0.15, 0.2) is 5.13 Å². The highest BCUT2D eigenvalue weighted by atomic mass is 32.2. The largest absolute Gasteiger partial charge is 0.495 e. The molecule has 2 heterocycles. The molecule has 1 amide bonds. The molecule has 0 radical (unpaired) electrons. The van der Waals surface area contributed by atoms with Gasteiger partial charge in [0.1, 0.15) is 15.5 Å². The fourth-order valence-electron chi connectivity index (χ4n) is 3.08. The zero-order valence-corrected chi connectivity index (χ0v) is 20.1. The molecule has 178 valence electrons. The Morgan fingerprint density at radius 2 is 2.03 bits per heavy atom. The normalized spacial score (nSPS) is 14.9. The summed E-state index contributed by atoms with van der Waals surface area (Å²) in [4.78, 5) is 28.8. The Hall–Kier alpha value is -2.80. The number of thiazole rings is 1. The van der Waals surface area contributed by atoms with Crippen molar-refractivity contribution in [2.24, 2.45) is 0 Å². The van der Waals surface area contributed by atoms with Crippen LogP contribution in [0.1, 0.15) is 27.9 Å². The van der Waals surface area contributed by atoms with E-state index in [1.807, 2.05) is 0 Å². The number of nitrogens with zero attached hydrogens (tertiary/aromatic N) is 2. The Balaban J connectivity index is 1.76. The van der Waals surface area contributed by atoms with Crippen molar-refractivity contribution in [2.75, 3.05) is 45.3 Å². The number of amides is 1. The summed E-state index contributed by atoms with van der Waals surface area (Å²) in [6.07, 6.45) is 2.74. The van der Waals surface area contributed by atoms with Crippen LogP contribution in [-0.4, -0.2) is 69.6 Å². The van der Waals surface area contributed by atoms with Crippen LogP contribution in [0.4, 0.5) is 5.13 Å². The monoisotopic (exact) mass is 495 g/mol. The number of esters is 1. The average Bonchev–Trinajstić information content (AvgIpc) is 3.18. The van der Waals surface area contributed by atoms with Crippen LogP contribution >= 0.6 is 11.3 Å². The fraction of sp³-hybridized carbons (Fsp3) is 0.381. The molecule has 3 rings (SSSR count). The summed E-state index contributed by atoms with van der Waals surface area (Å²) >= 11 is 1.02. The zero-order chi connectivity index (χ0) is 24.0. The number of aryl methyl sites for hydroxylation is 1. The van der Waals surface area contributed by atoms with Crippen LogP contribution in [0, 0.1) is 6.92 Å². The maximum Gasteiger partial charge on any atom is 0.350 e. The quantitative estimate of drug-likeness (QED) is 0.437. The van der Waals surface area contributed by atoms with E-state index in [4.69, 9.17) is 14.2 Å². The van der Waals surface area contributed by atoms with Crippen LogP contribution in [0.15, 0.2) is 29.2 Å². The summed E-state index contributed by atoms with van der Waals surface area (Å²) in [6, 6.07) is 4.65. The van der Waals surface area contributed by atoms with Crippen molar-refractivity contribution in [3.8, 4) is 5.75 Å². The fourth-order valence-corrected chi connectivity index (χ4v) is 5.54. The standard InChI is InChI=1S/C21H25N3O7S2/c1-4-31-20(26)19-14(2)22-21(32-19)23-18(25)8-6-15-5-7-16(29-3)17(13-15)33(27,28)24-9-11-30-12-10-24/h5-8,13H,4,9-12H2,1-3H3,(H,22,23,25). The molecule has 0 atom stereocenters. The predicted molar refractivity (Wildman–Crippen MR) is 123 cm³/mol. The number of methoxy groups -OCH3 is 1. The Bertz CT molecular complexity index is 1150. The third kappa shape index (κ3) is 5.96. The second kappa shape index (κ2) is 10.9. The molecule has 12 heteroatoms. The van der Waals surface area contributed by atoms with Gasteiger partial charge >= 0.3 is 5.97 Å². The molecular formula is C21H25N3O7S2. The highest BCUT2D eigenvalue weighted by molar-refractivity contribution is 7.89. The van der Waals surface area contributed by atoms with Crippen molar-refractivity contribution in [2.45, 2.75) is 18.7 Å². The molecule has 1 aromatic heterocycles. The summed E-state index contributed by atoms with van der Waals surface area (Å²) in [5, 5.41) is 2.86. The van der Waals surface area contributed by atoms with E-state index >= 15 is 0 Å². The van der Waals surface area contributed by atoms with E-state index in [2.05, 4.69) is 10.3 Å². The van der Waals surface area contributed by atoms with Gasteiger partial charge in [-0.15, -0.1) is 0 Å². The van der Waals surface area contributed by atoms with Gasteiger partial charge in [0.2, 0.25) is 15.9 Å². The number of aromatic nitrogens is 1. The number of hydrogen-bond acceptors (Lipinski definition) is 9. The summed E-state index contributed by atoms with van der Waals surface area (Å²) < 4.78 is 43.0. The average molecular weight is 496 g/mol. The number of rotatable bonds is 8. The molecule has 1 aromatic carbocycles.